The second-order valence-corrected chi connectivity index (χ2v) is 8.49. The van der Waals surface area contributed by atoms with Crippen molar-refractivity contribution in [2.75, 3.05) is 5.43 Å². The third-order valence-corrected chi connectivity index (χ3v) is 5.68. The summed E-state index contributed by atoms with van der Waals surface area (Å²) in [5.41, 5.74) is 4.04. The number of aryl methyl sites for hydroxylation is 1. The molecule has 0 radical (unpaired) electrons. The molecule has 0 aliphatic heterocycles. The van der Waals surface area contributed by atoms with Gasteiger partial charge in [0.15, 0.2) is 0 Å². The van der Waals surface area contributed by atoms with Crippen LogP contribution in [0, 0.1) is 27.2 Å². The number of hydrazone groups is 1. The third-order valence-electron chi connectivity index (χ3n) is 5.68. The van der Waals surface area contributed by atoms with Crippen LogP contribution in [0.2, 0.25) is 0 Å². The number of phenolic OH excluding ortho intramolecular Hbond substituents is 1. The quantitative estimate of drug-likeness (QED) is 0.122. The van der Waals surface area contributed by atoms with Crippen molar-refractivity contribution in [1.29, 1.82) is 0 Å². The molecular formula is C25H34N4O5. The number of hydrogen-bond acceptors (Lipinski definition) is 7. The number of nitrogens with one attached hydrogen (secondary N) is 1. The third kappa shape index (κ3) is 8.46. The minimum Gasteiger partial charge on any atom is -0.507 e. The standard InChI is InChI=1S/C25H34N4O5/c1-3-4-5-6-7-8-9-10-11-12-22(21-17-19(2)13-16-25(21)30)26-27-23-15-14-20(28(31)32)18-24(23)29(33)34/h13-18,27,30H,3-12H2,1-2H3/b26-22-. The molecule has 0 aromatic heterocycles. The van der Waals surface area contributed by atoms with Crippen molar-refractivity contribution >= 4 is 22.8 Å². The highest BCUT2D eigenvalue weighted by Gasteiger charge is 2.20. The van der Waals surface area contributed by atoms with Crippen LogP contribution >= 0.6 is 0 Å². The van der Waals surface area contributed by atoms with E-state index in [-0.39, 0.29) is 17.1 Å². The van der Waals surface area contributed by atoms with Crippen LogP contribution in [0.5, 0.6) is 5.75 Å². The van der Waals surface area contributed by atoms with E-state index in [1.165, 1.54) is 50.7 Å². The molecule has 2 aromatic carbocycles. The molecule has 0 spiro atoms. The highest BCUT2D eigenvalue weighted by Crippen LogP contribution is 2.29. The Kier molecular flexibility index (Phi) is 11.0. The lowest BCUT2D eigenvalue weighted by molar-refractivity contribution is -0.393. The average Bonchev–Trinajstić information content (AvgIpc) is 2.81. The van der Waals surface area contributed by atoms with E-state index in [1.54, 1.807) is 12.1 Å². The molecule has 0 heterocycles. The van der Waals surface area contributed by atoms with Crippen molar-refractivity contribution in [2.45, 2.75) is 78.1 Å². The number of anilines is 1. The average molecular weight is 471 g/mol. The predicted octanol–water partition coefficient (Wildman–Crippen LogP) is 7.25. The number of unbranched alkanes of at least 4 members (excludes halogenated alkanes) is 8. The van der Waals surface area contributed by atoms with Crippen LogP contribution in [-0.2, 0) is 0 Å². The maximum Gasteiger partial charge on any atom is 0.301 e. The number of non-ortho nitro benzene ring substituents is 1. The Balaban J connectivity index is 2.12. The van der Waals surface area contributed by atoms with Gasteiger partial charge >= 0.3 is 5.69 Å². The Labute approximate surface area is 200 Å². The molecule has 0 unspecified atom stereocenters. The van der Waals surface area contributed by atoms with E-state index in [0.717, 1.165) is 30.9 Å². The van der Waals surface area contributed by atoms with E-state index >= 15 is 0 Å². The van der Waals surface area contributed by atoms with Gasteiger partial charge in [-0.3, -0.25) is 25.7 Å². The molecule has 184 valence electrons. The second kappa shape index (κ2) is 13.9. The molecule has 0 aliphatic rings. The molecule has 0 saturated heterocycles. The van der Waals surface area contributed by atoms with Crippen molar-refractivity contribution in [2.24, 2.45) is 5.10 Å². The number of nitrogens with zero attached hydrogens (tertiary/aromatic N) is 3. The van der Waals surface area contributed by atoms with Gasteiger partial charge in [0, 0.05) is 11.6 Å². The molecule has 9 heteroatoms. The number of nitro benzene ring substituents is 2. The number of phenols is 1. The Morgan fingerprint density at radius 1 is 0.912 bits per heavy atom. The number of nitro groups is 2. The zero-order valence-electron chi connectivity index (χ0n) is 20.0. The van der Waals surface area contributed by atoms with Crippen molar-refractivity contribution in [1.82, 2.24) is 0 Å². The summed E-state index contributed by atoms with van der Waals surface area (Å²) in [5, 5.41) is 37.2. The zero-order chi connectivity index (χ0) is 24.9. The molecule has 0 bridgehead atoms. The first-order chi connectivity index (χ1) is 16.3. The largest absolute Gasteiger partial charge is 0.507 e. The van der Waals surface area contributed by atoms with Gasteiger partial charge in [-0.05, 0) is 38.0 Å². The Morgan fingerprint density at radius 2 is 1.56 bits per heavy atom. The van der Waals surface area contributed by atoms with Crippen LogP contribution in [0.1, 0.15) is 82.3 Å². The zero-order valence-corrected chi connectivity index (χ0v) is 20.0. The van der Waals surface area contributed by atoms with Gasteiger partial charge in [0.1, 0.15) is 11.4 Å². The van der Waals surface area contributed by atoms with E-state index in [2.05, 4.69) is 17.5 Å². The maximum absolute atomic E-state index is 11.4. The molecule has 0 atom stereocenters. The fraction of sp³-hybridized carbons (Fsp3) is 0.480. The molecule has 0 amide bonds. The van der Waals surface area contributed by atoms with E-state index in [0.29, 0.717) is 17.7 Å². The normalized spacial score (nSPS) is 11.4. The molecule has 34 heavy (non-hydrogen) atoms. The van der Waals surface area contributed by atoms with Gasteiger partial charge < -0.3 is 5.11 Å². The predicted molar refractivity (Wildman–Crippen MR) is 135 cm³/mol. The van der Waals surface area contributed by atoms with Gasteiger partial charge in [0.2, 0.25) is 0 Å². The summed E-state index contributed by atoms with van der Waals surface area (Å²) in [6.07, 6.45) is 11.1. The van der Waals surface area contributed by atoms with E-state index in [9.17, 15) is 25.3 Å². The van der Waals surface area contributed by atoms with E-state index in [4.69, 9.17) is 0 Å². The molecule has 0 saturated carbocycles. The van der Waals surface area contributed by atoms with Gasteiger partial charge in [0.25, 0.3) is 5.69 Å². The molecule has 2 aromatic rings. The minimum absolute atomic E-state index is 0.0484. The first kappa shape index (κ1) is 26.8. The summed E-state index contributed by atoms with van der Waals surface area (Å²) in [6, 6.07) is 8.59. The number of aromatic hydroxyl groups is 1. The summed E-state index contributed by atoms with van der Waals surface area (Å²) in [5.74, 6) is 0.0836. The molecule has 2 N–H and O–H groups in total. The van der Waals surface area contributed by atoms with Crippen LogP contribution in [0.25, 0.3) is 0 Å². The minimum atomic E-state index is -0.685. The van der Waals surface area contributed by atoms with Crippen LogP contribution in [0.3, 0.4) is 0 Å². The molecule has 0 fully saturated rings. The molecule has 2 rings (SSSR count). The van der Waals surface area contributed by atoms with Gasteiger partial charge in [-0.1, -0.05) is 69.9 Å². The summed E-state index contributed by atoms with van der Waals surface area (Å²) in [7, 11) is 0. The summed E-state index contributed by atoms with van der Waals surface area (Å²) >= 11 is 0. The van der Waals surface area contributed by atoms with Crippen LogP contribution in [0.15, 0.2) is 41.5 Å². The van der Waals surface area contributed by atoms with Crippen LogP contribution in [-0.4, -0.2) is 20.7 Å². The SMILES string of the molecule is CCCCCCCCCCC/C(=N/Nc1ccc([N+](=O)[O-])cc1[N+](=O)[O-])c1cc(C)ccc1O. The lowest BCUT2D eigenvalue weighted by Crippen LogP contribution is -2.07. The fourth-order valence-corrected chi connectivity index (χ4v) is 3.74. The number of rotatable bonds is 15. The Bertz CT molecular complexity index is 1010. The second-order valence-electron chi connectivity index (χ2n) is 8.49. The summed E-state index contributed by atoms with van der Waals surface area (Å²) in [4.78, 5) is 21.0. The molecular weight excluding hydrogens is 436 g/mol. The molecule has 0 aliphatic carbocycles. The van der Waals surface area contributed by atoms with Gasteiger partial charge in [-0.15, -0.1) is 0 Å². The summed E-state index contributed by atoms with van der Waals surface area (Å²) in [6.45, 7) is 4.12. The first-order valence-corrected chi connectivity index (χ1v) is 11.9. The van der Waals surface area contributed by atoms with Crippen LogP contribution < -0.4 is 5.43 Å². The first-order valence-electron chi connectivity index (χ1n) is 11.9. The lowest BCUT2D eigenvalue weighted by atomic mass is 10.00. The topological polar surface area (TPSA) is 131 Å². The smallest absolute Gasteiger partial charge is 0.301 e. The van der Waals surface area contributed by atoms with Crippen molar-refractivity contribution in [3.8, 4) is 5.75 Å². The number of benzene rings is 2. The lowest BCUT2D eigenvalue weighted by Gasteiger charge is -2.11. The van der Waals surface area contributed by atoms with Gasteiger partial charge in [0.05, 0.1) is 21.6 Å². The Morgan fingerprint density at radius 3 is 2.18 bits per heavy atom. The van der Waals surface area contributed by atoms with Gasteiger partial charge in [-0.25, -0.2) is 0 Å². The van der Waals surface area contributed by atoms with Crippen molar-refractivity contribution in [3.05, 3.63) is 67.8 Å². The fourth-order valence-electron chi connectivity index (χ4n) is 3.74. The highest BCUT2D eigenvalue weighted by molar-refractivity contribution is 6.03. The maximum atomic E-state index is 11.4. The number of hydrogen-bond donors (Lipinski definition) is 2. The van der Waals surface area contributed by atoms with E-state index in [1.807, 2.05) is 13.0 Å². The van der Waals surface area contributed by atoms with Crippen LogP contribution in [0.4, 0.5) is 17.1 Å². The van der Waals surface area contributed by atoms with Crippen molar-refractivity contribution in [3.63, 3.8) is 0 Å². The summed E-state index contributed by atoms with van der Waals surface area (Å²) < 4.78 is 0. The molecule has 9 nitrogen and oxygen atoms in total. The van der Waals surface area contributed by atoms with Crippen molar-refractivity contribution < 1.29 is 15.0 Å². The highest BCUT2D eigenvalue weighted by atomic mass is 16.6. The van der Waals surface area contributed by atoms with E-state index < -0.39 is 15.5 Å². The van der Waals surface area contributed by atoms with Gasteiger partial charge in [-0.2, -0.15) is 5.10 Å². The Hall–Kier alpha value is -3.49. The monoisotopic (exact) mass is 470 g/mol.